The third-order valence-corrected chi connectivity index (χ3v) is 4.21. The molecule has 0 bridgehead atoms. The van der Waals surface area contributed by atoms with Gasteiger partial charge in [-0.25, -0.2) is 0 Å². The molecule has 3 heteroatoms. The zero-order valence-electron chi connectivity index (χ0n) is 11.2. The third-order valence-electron chi connectivity index (χ3n) is 4.21. The van der Waals surface area contributed by atoms with Gasteiger partial charge in [0.05, 0.1) is 6.04 Å². The van der Waals surface area contributed by atoms with Crippen molar-refractivity contribution in [3.63, 3.8) is 0 Å². The van der Waals surface area contributed by atoms with Crippen LogP contribution in [-0.2, 0) is 4.79 Å². The molecule has 2 aliphatic heterocycles. The Kier molecular flexibility index (Phi) is 4.84. The number of rotatable bonds is 2. The van der Waals surface area contributed by atoms with Gasteiger partial charge < -0.3 is 4.90 Å². The van der Waals surface area contributed by atoms with Crippen LogP contribution in [0, 0.1) is 0 Å². The normalized spacial score (nSPS) is 25.4. The van der Waals surface area contributed by atoms with Gasteiger partial charge in [0, 0.05) is 13.1 Å². The summed E-state index contributed by atoms with van der Waals surface area (Å²) in [6, 6.07) is 0.103. The number of hydrogen-bond acceptors (Lipinski definition) is 2. The van der Waals surface area contributed by atoms with Crippen molar-refractivity contribution in [2.45, 2.75) is 57.9 Å². The molecule has 2 saturated heterocycles. The van der Waals surface area contributed by atoms with Crippen LogP contribution < -0.4 is 0 Å². The number of carbonyl (C=O) groups is 1. The highest BCUT2D eigenvalue weighted by molar-refractivity contribution is 5.81. The van der Waals surface area contributed by atoms with Crippen molar-refractivity contribution in [3.8, 4) is 0 Å². The molecule has 0 spiro atoms. The molecule has 2 heterocycles. The van der Waals surface area contributed by atoms with Crippen LogP contribution in [0.5, 0.6) is 0 Å². The monoisotopic (exact) mass is 238 g/mol. The second-order valence-corrected chi connectivity index (χ2v) is 5.51. The summed E-state index contributed by atoms with van der Waals surface area (Å²) in [4.78, 5) is 16.9. The van der Waals surface area contributed by atoms with E-state index in [1.54, 1.807) is 0 Å². The molecule has 1 unspecified atom stereocenters. The van der Waals surface area contributed by atoms with E-state index in [4.69, 9.17) is 0 Å². The SMILES string of the molecule is CC(C(=O)N1CCCCC1)N1CCCCCC1. The average molecular weight is 238 g/mol. The Balaban J connectivity index is 1.88. The van der Waals surface area contributed by atoms with E-state index in [2.05, 4.69) is 16.7 Å². The lowest BCUT2D eigenvalue weighted by Gasteiger charge is -2.34. The minimum absolute atomic E-state index is 0.103. The van der Waals surface area contributed by atoms with Gasteiger partial charge in [0.2, 0.25) is 5.91 Å². The van der Waals surface area contributed by atoms with Crippen LogP contribution in [0.25, 0.3) is 0 Å². The highest BCUT2D eigenvalue weighted by atomic mass is 16.2. The molecule has 0 aliphatic carbocycles. The molecule has 3 nitrogen and oxygen atoms in total. The molecule has 1 atom stereocenters. The van der Waals surface area contributed by atoms with Gasteiger partial charge in [-0.2, -0.15) is 0 Å². The highest BCUT2D eigenvalue weighted by Gasteiger charge is 2.26. The molecule has 0 aromatic rings. The van der Waals surface area contributed by atoms with Crippen molar-refractivity contribution >= 4 is 5.91 Å². The molecule has 0 aromatic carbocycles. The maximum atomic E-state index is 12.4. The number of likely N-dealkylation sites (tertiary alicyclic amines) is 2. The van der Waals surface area contributed by atoms with E-state index >= 15 is 0 Å². The Hall–Kier alpha value is -0.570. The number of nitrogens with zero attached hydrogens (tertiary/aromatic N) is 2. The fourth-order valence-electron chi connectivity index (χ4n) is 3.02. The van der Waals surface area contributed by atoms with E-state index in [0.29, 0.717) is 5.91 Å². The molecular formula is C14H26N2O. The fraction of sp³-hybridized carbons (Fsp3) is 0.929. The molecule has 2 aliphatic rings. The van der Waals surface area contributed by atoms with Gasteiger partial charge in [-0.3, -0.25) is 9.69 Å². The predicted molar refractivity (Wildman–Crippen MR) is 69.9 cm³/mol. The highest BCUT2D eigenvalue weighted by Crippen LogP contribution is 2.16. The minimum Gasteiger partial charge on any atom is -0.341 e. The third kappa shape index (κ3) is 3.44. The van der Waals surface area contributed by atoms with E-state index in [1.165, 1.54) is 44.9 Å². The first-order valence-corrected chi connectivity index (χ1v) is 7.32. The molecule has 0 aromatic heterocycles. The molecule has 1 amide bonds. The predicted octanol–water partition coefficient (Wildman–Crippen LogP) is 2.26. The van der Waals surface area contributed by atoms with Crippen LogP contribution in [0.4, 0.5) is 0 Å². The van der Waals surface area contributed by atoms with Crippen LogP contribution in [0.3, 0.4) is 0 Å². The maximum Gasteiger partial charge on any atom is 0.239 e. The minimum atomic E-state index is 0.103. The van der Waals surface area contributed by atoms with Crippen molar-refractivity contribution in [2.24, 2.45) is 0 Å². The second kappa shape index (κ2) is 6.39. The van der Waals surface area contributed by atoms with E-state index in [0.717, 1.165) is 26.2 Å². The fourth-order valence-corrected chi connectivity index (χ4v) is 3.02. The molecule has 2 rings (SSSR count). The Labute approximate surface area is 105 Å². The van der Waals surface area contributed by atoms with Gasteiger partial charge in [-0.05, 0) is 52.1 Å². The standard InChI is InChI=1S/C14H26N2O/c1-13(15-9-5-2-3-6-10-15)14(17)16-11-7-4-8-12-16/h13H,2-12H2,1H3. The Morgan fingerprint density at radius 1 is 0.824 bits per heavy atom. The molecule has 98 valence electrons. The summed E-state index contributed by atoms with van der Waals surface area (Å²) < 4.78 is 0. The summed E-state index contributed by atoms with van der Waals surface area (Å²) in [6.07, 6.45) is 8.87. The molecule has 0 saturated carbocycles. The number of amides is 1. The van der Waals surface area contributed by atoms with Crippen LogP contribution in [0.1, 0.15) is 51.9 Å². The van der Waals surface area contributed by atoms with Crippen molar-refractivity contribution in [1.82, 2.24) is 9.80 Å². The van der Waals surface area contributed by atoms with Gasteiger partial charge in [0.15, 0.2) is 0 Å². The summed E-state index contributed by atoms with van der Waals surface area (Å²) in [5.74, 6) is 0.367. The Morgan fingerprint density at radius 2 is 1.29 bits per heavy atom. The average Bonchev–Trinajstić information content (AvgIpc) is 2.67. The number of carbonyl (C=O) groups excluding carboxylic acids is 1. The van der Waals surface area contributed by atoms with Gasteiger partial charge in [-0.1, -0.05) is 12.8 Å². The lowest BCUT2D eigenvalue weighted by atomic mass is 10.1. The van der Waals surface area contributed by atoms with Crippen molar-refractivity contribution in [2.75, 3.05) is 26.2 Å². The van der Waals surface area contributed by atoms with Crippen LogP contribution in [-0.4, -0.2) is 47.9 Å². The first-order valence-electron chi connectivity index (χ1n) is 7.32. The van der Waals surface area contributed by atoms with Crippen LogP contribution in [0.15, 0.2) is 0 Å². The molecule has 17 heavy (non-hydrogen) atoms. The van der Waals surface area contributed by atoms with E-state index in [9.17, 15) is 4.79 Å². The zero-order valence-corrected chi connectivity index (χ0v) is 11.2. The molecular weight excluding hydrogens is 212 g/mol. The zero-order chi connectivity index (χ0) is 12.1. The first kappa shape index (κ1) is 12.9. The van der Waals surface area contributed by atoms with Gasteiger partial charge in [-0.15, -0.1) is 0 Å². The Morgan fingerprint density at radius 3 is 1.88 bits per heavy atom. The second-order valence-electron chi connectivity index (χ2n) is 5.51. The summed E-state index contributed by atoms with van der Waals surface area (Å²) in [5.41, 5.74) is 0. The van der Waals surface area contributed by atoms with Crippen molar-refractivity contribution in [1.29, 1.82) is 0 Å². The summed E-state index contributed by atoms with van der Waals surface area (Å²) in [5, 5.41) is 0. The van der Waals surface area contributed by atoms with Crippen LogP contribution >= 0.6 is 0 Å². The summed E-state index contributed by atoms with van der Waals surface area (Å²) in [6.45, 7) is 6.29. The topological polar surface area (TPSA) is 23.6 Å². The van der Waals surface area contributed by atoms with Gasteiger partial charge in [0.1, 0.15) is 0 Å². The van der Waals surface area contributed by atoms with Gasteiger partial charge in [0.25, 0.3) is 0 Å². The molecule has 2 fully saturated rings. The number of piperidine rings is 1. The quantitative estimate of drug-likeness (QED) is 0.737. The van der Waals surface area contributed by atoms with Crippen LogP contribution in [0.2, 0.25) is 0 Å². The smallest absolute Gasteiger partial charge is 0.239 e. The van der Waals surface area contributed by atoms with Crippen molar-refractivity contribution < 1.29 is 4.79 Å². The molecule has 0 radical (unpaired) electrons. The van der Waals surface area contributed by atoms with Gasteiger partial charge >= 0.3 is 0 Å². The van der Waals surface area contributed by atoms with Crippen molar-refractivity contribution in [3.05, 3.63) is 0 Å². The summed E-state index contributed by atoms with van der Waals surface area (Å²) in [7, 11) is 0. The van der Waals surface area contributed by atoms with E-state index in [-0.39, 0.29) is 6.04 Å². The number of hydrogen-bond donors (Lipinski definition) is 0. The maximum absolute atomic E-state index is 12.4. The molecule has 0 N–H and O–H groups in total. The largest absolute Gasteiger partial charge is 0.341 e. The first-order chi connectivity index (χ1) is 8.29. The Bertz CT molecular complexity index is 241. The lowest BCUT2D eigenvalue weighted by Crippen LogP contribution is -2.48. The lowest BCUT2D eigenvalue weighted by molar-refractivity contribution is -0.137. The van der Waals surface area contributed by atoms with E-state index in [1.807, 2.05) is 0 Å². The van der Waals surface area contributed by atoms with E-state index < -0.39 is 0 Å². The summed E-state index contributed by atoms with van der Waals surface area (Å²) >= 11 is 0.